The van der Waals surface area contributed by atoms with E-state index in [4.69, 9.17) is 0 Å². The first kappa shape index (κ1) is 15.8. The molecule has 1 N–H and O–H groups in total. The predicted molar refractivity (Wildman–Crippen MR) is 81.1 cm³/mol. The molecule has 0 radical (unpaired) electrons. The average molecular weight is 264 g/mol. The van der Waals surface area contributed by atoms with Crippen LogP contribution in [0.2, 0.25) is 0 Å². The molecule has 2 unspecified atom stereocenters. The number of nitrogens with one attached hydrogen (secondary N) is 1. The fourth-order valence-corrected chi connectivity index (χ4v) is 2.63. The first-order valence-electron chi connectivity index (χ1n) is 7.07. The number of carbonyl (C=O) groups excluding carboxylic acids is 1. The fraction of sp³-hybridized carbons (Fsp3) is 0.688. The minimum Gasteiger partial charge on any atom is -0.332 e. The van der Waals surface area contributed by atoms with Crippen LogP contribution in [0.3, 0.4) is 0 Å². The van der Waals surface area contributed by atoms with Crippen LogP contribution >= 0.6 is 0 Å². The molecule has 1 aliphatic rings. The maximum Gasteiger partial charge on any atom is 0.317 e. The van der Waals surface area contributed by atoms with Crippen LogP contribution in [0.5, 0.6) is 0 Å². The highest BCUT2D eigenvalue weighted by Crippen LogP contribution is 2.41. The van der Waals surface area contributed by atoms with E-state index in [0.717, 1.165) is 0 Å². The number of rotatable bonds is 3. The monoisotopic (exact) mass is 264 g/mol. The van der Waals surface area contributed by atoms with Crippen LogP contribution in [0, 0.1) is 11.3 Å². The Kier molecular flexibility index (Phi) is 5.21. The van der Waals surface area contributed by atoms with Gasteiger partial charge in [-0.25, -0.2) is 4.79 Å². The third-order valence-corrected chi connectivity index (χ3v) is 3.94. The van der Waals surface area contributed by atoms with Gasteiger partial charge in [-0.15, -0.1) is 0 Å². The lowest BCUT2D eigenvalue weighted by Crippen LogP contribution is -2.39. The van der Waals surface area contributed by atoms with Crippen LogP contribution in [-0.4, -0.2) is 31.1 Å². The molecule has 0 aliphatic heterocycles. The highest BCUT2D eigenvalue weighted by molar-refractivity contribution is 5.74. The lowest BCUT2D eigenvalue weighted by molar-refractivity contribution is 0.215. The Bertz CT molecular complexity index is 380. The van der Waals surface area contributed by atoms with Crippen LogP contribution in [-0.2, 0) is 0 Å². The van der Waals surface area contributed by atoms with Crippen LogP contribution < -0.4 is 5.32 Å². The van der Waals surface area contributed by atoms with Crippen LogP contribution in [0.25, 0.3) is 0 Å². The van der Waals surface area contributed by atoms with Crippen LogP contribution in [0.1, 0.15) is 40.5 Å². The van der Waals surface area contributed by atoms with Gasteiger partial charge in [0.25, 0.3) is 0 Å². The third-order valence-electron chi connectivity index (χ3n) is 3.94. The van der Waals surface area contributed by atoms with Gasteiger partial charge in [0, 0.05) is 26.1 Å². The zero-order valence-corrected chi connectivity index (χ0v) is 13.2. The molecule has 0 bridgehead atoms. The summed E-state index contributed by atoms with van der Waals surface area (Å²) in [7, 11) is 3.51. The van der Waals surface area contributed by atoms with E-state index in [2.05, 4.69) is 44.3 Å². The summed E-state index contributed by atoms with van der Waals surface area (Å²) in [6, 6.07) is 0.00717. The smallest absolute Gasteiger partial charge is 0.317 e. The lowest BCUT2D eigenvalue weighted by Gasteiger charge is -2.37. The van der Waals surface area contributed by atoms with Crippen molar-refractivity contribution in [2.45, 2.75) is 46.6 Å². The molecule has 1 aliphatic carbocycles. The second-order valence-corrected chi connectivity index (χ2v) is 6.47. The fourth-order valence-electron chi connectivity index (χ4n) is 2.63. The van der Waals surface area contributed by atoms with Crippen LogP contribution in [0.15, 0.2) is 23.8 Å². The van der Waals surface area contributed by atoms with Crippen molar-refractivity contribution in [3.63, 3.8) is 0 Å². The molecule has 0 saturated carbocycles. The molecule has 1 rings (SSSR count). The highest BCUT2D eigenvalue weighted by atomic mass is 16.2. The molecule has 0 fully saturated rings. The molecule has 0 spiro atoms. The summed E-state index contributed by atoms with van der Waals surface area (Å²) in [5.74, 6) is 0.472. The molecule has 0 aromatic heterocycles. The second-order valence-electron chi connectivity index (χ2n) is 6.47. The average Bonchev–Trinajstić information content (AvgIpc) is 2.27. The topological polar surface area (TPSA) is 32.3 Å². The molecule has 19 heavy (non-hydrogen) atoms. The van der Waals surface area contributed by atoms with Gasteiger partial charge in [0.1, 0.15) is 0 Å². The van der Waals surface area contributed by atoms with Gasteiger partial charge in [-0.1, -0.05) is 37.6 Å². The Morgan fingerprint density at radius 3 is 2.68 bits per heavy atom. The number of amides is 2. The number of nitrogens with zero attached hydrogens (tertiary/aromatic N) is 1. The normalized spacial score (nSPS) is 23.9. The summed E-state index contributed by atoms with van der Waals surface area (Å²) >= 11 is 0. The maximum atomic E-state index is 11.6. The SMILES string of the molecule is CC1=CCCC(C)(C)C1/C=C/C(C)NC(=O)N(C)C. The molecule has 108 valence electrons. The van der Waals surface area contributed by atoms with Crippen molar-refractivity contribution in [3.8, 4) is 0 Å². The predicted octanol–water partition coefficient (Wildman–Crippen LogP) is 3.58. The van der Waals surface area contributed by atoms with E-state index in [9.17, 15) is 4.79 Å². The van der Waals surface area contributed by atoms with Gasteiger partial charge in [0.2, 0.25) is 0 Å². The van der Waals surface area contributed by atoms with Gasteiger partial charge in [-0.05, 0) is 32.1 Å². The quantitative estimate of drug-likeness (QED) is 0.776. The maximum absolute atomic E-state index is 11.6. The Balaban J connectivity index is 2.67. The summed E-state index contributed by atoms with van der Waals surface area (Å²) in [6.07, 6.45) is 9.10. The van der Waals surface area contributed by atoms with Crippen molar-refractivity contribution in [2.24, 2.45) is 11.3 Å². The molecule has 3 nitrogen and oxygen atoms in total. The van der Waals surface area contributed by atoms with Gasteiger partial charge in [-0.3, -0.25) is 0 Å². The van der Waals surface area contributed by atoms with E-state index in [0.29, 0.717) is 11.3 Å². The molecule has 0 heterocycles. The number of urea groups is 1. The summed E-state index contributed by atoms with van der Waals surface area (Å²) in [4.78, 5) is 13.1. The molecular weight excluding hydrogens is 236 g/mol. The van der Waals surface area contributed by atoms with Gasteiger partial charge in [-0.2, -0.15) is 0 Å². The van der Waals surface area contributed by atoms with E-state index < -0.39 is 0 Å². The summed E-state index contributed by atoms with van der Waals surface area (Å²) in [5, 5.41) is 2.94. The third kappa shape index (κ3) is 4.41. The second kappa shape index (κ2) is 6.27. The minimum atomic E-state index is -0.0488. The number of hydrogen-bond donors (Lipinski definition) is 1. The van der Waals surface area contributed by atoms with E-state index >= 15 is 0 Å². The van der Waals surface area contributed by atoms with Crippen molar-refractivity contribution < 1.29 is 4.79 Å². The zero-order valence-electron chi connectivity index (χ0n) is 13.2. The van der Waals surface area contributed by atoms with Crippen LogP contribution in [0.4, 0.5) is 4.79 Å². The molecule has 3 heteroatoms. The van der Waals surface area contributed by atoms with Gasteiger partial charge in [0.15, 0.2) is 0 Å². The number of carbonyl (C=O) groups is 1. The van der Waals surface area contributed by atoms with E-state index in [1.54, 1.807) is 19.0 Å². The van der Waals surface area contributed by atoms with Gasteiger partial charge < -0.3 is 10.2 Å². The first-order valence-corrected chi connectivity index (χ1v) is 7.07. The summed E-state index contributed by atoms with van der Waals surface area (Å²) < 4.78 is 0. The largest absolute Gasteiger partial charge is 0.332 e. The van der Waals surface area contributed by atoms with E-state index in [1.165, 1.54) is 18.4 Å². The van der Waals surface area contributed by atoms with Crippen molar-refractivity contribution in [2.75, 3.05) is 14.1 Å². The molecule has 0 aromatic carbocycles. The van der Waals surface area contributed by atoms with Crippen molar-refractivity contribution in [3.05, 3.63) is 23.8 Å². The summed E-state index contributed by atoms with van der Waals surface area (Å²) in [5.41, 5.74) is 1.75. The molecule has 2 atom stereocenters. The standard InChI is InChI=1S/C16H28N2O/c1-12-8-7-11-16(3,4)14(12)10-9-13(2)17-15(19)18(5)6/h8-10,13-14H,7,11H2,1-6H3,(H,17,19)/b10-9+. The van der Waals surface area contributed by atoms with E-state index in [-0.39, 0.29) is 12.1 Å². The highest BCUT2D eigenvalue weighted by Gasteiger charge is 2.30. The summed E-state index contributed by atoms with van der Waals surface area (Å²) in [6.45, 7) is 8.86. The lowest BCUT2D eigenvalue weighted by atomic mass is 9.68. The Labute approximate surface area is 117 Å². The van der Waals surface area contributed by atoms with Crippen molar-refractivity contribution in [1.29, 1.82) is 0 Å². The number of hydrogen-bond acceptors (Lipinski definition) is 1. The number of allylic oxidation sites excluding steroid dienone is 3. The van der Waals surface area contributed by atoms with Crippen molar-refractivity contribution >= 4 is 6.03 Å². The Morgan fingerprint density at radius 2 is 2.16 bits per heavy atom. The Hall–Kier alpha value is -1.25. The molecule has 2 amide bonds. The van der Waals surface area contributed by atoms with Gasteiger partial charge >= 0.3 is 6.03 Å². The minimum absolute atomic E-state index is 0.0488. The van der Waals surface area contributed by atoms with Crippen molar-refractivity contribution in [1.82, 2.24) is 10.2 Å². The Morgan fingerprint density at radius 1 is 1.53 bits per heavy atom. The van der Waals surface area contributed by atoms with E-state index in [1.807, 2.05) is 6.92 Å². The molecule has 0 saturated heterocycles. The molecular formula is C16H28N2O. The zero-order chi connectivity index (χ0) is 14.6. The van der Waals surface area contributed by atoms with Gasteiger partial charge in [0.05, 0.1) is 0 Å². The molecule has 0 aromatic rings. The first-order chi connectivity index (χ1) is 8.74.